The highest BCUT2D eigenvalue weighted by Crippen LogP contribution is 2.36. The molecule has 0 fully saturated rings. The summed E-state index contributed by atoms with van der Waals surface area (Å²) in [5.74, 6) is 0.127. The molecule has 0 aliphatic rings. The van der Waals surface area contributed by atoms with Crippen LogP contribution in [0.1, 0.15) is 34.6 Å². The van der Waals surface area contributed by atoms with Gasteiger partial charge in [0.25, 0.3) is 0 Å². The van der Waals surface area contributed by atoms with E-state index >= 15 is 0 Å². The molecule has 2 atom stereocenters. The first-order valence-corrected chi connectivity index (χ1v) is 4.08. The normalized spacial score (nSPS) is 20.5. The van der Waals surface area contributed by atoms with Crippen LogP contribution in [0, 0.1) is 11.3 Å². The summed E-state index contributed by atoms with van der Waals surface area (Å²) >= 11 is 0. The molecular weight excluding hydrogens is 136 g/mol. The molecule has 0 spiro atoms. The van der Waals surface area contributed by atoms with Gasteiger partial charge in [0.15, 0.2) is 0 Å². The van der Waals surface area contributed by atoms with E-state index in [1.54, 1.807) is 6.08 Å². The van der Waals surface area contributed by atoms with Gasteiger partial charge in [-0.15, -0.1) is 6.58 Å². The minimum atomic E-state index is -0.672. The molecule has 66 valence electrons. The molecule has 0 aromatic heterocycles. The quantitative estimate of drug-likeness (QED) is 0.609. The van der Waals surface area contributed by atoms with Crippen LogP contribution in [0.25, 0.3) is 0 Å². The Labute approximate surface area is 70.1 Å². The van der Waals surface area contributed by atoms with Crippen LogP contribution in [0.4, 0.5) is 0 Å². The Morgan fingerprint density at radius 1 is 1.27 bits per heavy atom. The van der Waals surface area contributed by atoms with E-state index in [0.717, 1.165) is 0 Å². The molecule has 0 rings (SSSR count). The van der Waals surface area contributed by atoms with Gasteiger partial charge in [-0.2, -0.15) is 0 Å². The molecule has 1 heteroatoms. The van der Waals surface area contributed by atoms with Gasteiger partial charge in [0.2, 0.25) is 0 Å². The van der Waals surface area contributed by atoms with E-state index in [4.69, 9.17) is 0 Å². The fraction of sp³-hybridized carbons (Fsp3) is 0.800. The maximum absolute atomic E-state index is 10.0. The van der Waals surface area contributed by atoms with Crippen LogP contribution in [0.5, 0.6) is 0 Å². The predicted molar refractivity (Wildman–Crippen MR) is 49.4 cm³/mol. The minimum Gasteiger partial charge on any atom is -0.389 e. The van der Waals surface area contributed by atoms with Gasteiger partial charge in [0.1, 0.15) is 0 Å². The standard InChI is InChI=1S/C10H20O/c1-7-8(2)10(6,11)9(3,4)5/h7-8,11H,1H2,2-6H3/t8-,10+/m1/s1. The topological polar surface area (TPSA) is 20.2 Å². The highest BCUT2D eigenvalue weighted by atomic mass is 16.3. The van der Waals surface area contributed by atoms with Gasteiger partial charge < -0.3 is 5.11 Å². The number of hydrogen-bond acceptors (Lipinski definition) is 1. The molecule has 0 aliphatic carbocycles. The van der Waals surface area contributed by atoms with Crippen molar-refractivity contribution in [1.82, 2.24) is 0 Å². The first-order valence-electron chi connectivity index (χ1n) is 4.08. The van der Waals surface area contributed by atoms with E-state index in [0.29, 0.717) is 0 Å². The largest absolute Gasteiger partial charge is 0.389 e. The van der Waals surface area contributed by atoms with Crippen molar-refractivity contribution >= 4 is 0 Å². The van der Waals surface area contributed by atoms with Crippen LogP contribution in [0.15, 0.2) is 12.7 Å². The zero-order chi connectivity index (χ0) is 9.28. The highest BCUT2D eigenvalue weighted by molar-refractivity contribution is 4.97. The molecule has 0 heterocycles. The zero-order valence-electron chi connectivity index (χ0n) is 8.31. The van der Waals surface area contributed by atoms with Crippen molar-refractivity contribution in [3.8, 4) is 0 Å². The second-order valence-corrected chi connectivity index (χ2v) is 4.42. The van der Waals surface area contributed by atoms with Crippen molar-refractivity contribution in [3.63, 3.8) is 0 Å². The van der Waals surface area contributed by atoms with E-state index < -0.39 is 5.60 Å². The lowest BCUT2D eigenvalue weighted by Gasteiger charge is -2.40. The molecule has 0 bridgehead atoms. The summed E-state index contributed by atoms with van der Waals surface area (Å²) in [5.41, 5.74) is -0.768. The summed E-state index contributed by atoms with van der Waals surface area (Å²) in [6.45, 7) is 13.6. The molecule has 0 aliphatic heterocycles. The van der Waals surface area contributed by atoms with Crippen molar-refractivity contribution < 1.29 is 5.11 Å². The SMILES string of the molecule is C=C[C@@H](C)[C@](C)(O)C(C)(C)C. The Hall–Kier alpha value is -0.300. The van der Waals surface area contributed by atoms with Crippen molar-refractivity contribution in [1.29, 1.82) is 0 Å². The smallest absolute Gasteiger partial charge is 0.0727 e. The molecule has 0 aromatic carbocycles. The van der Waals surface area contributed by atoms with Crippen LogP contribution in [-0.4, -0.2) is 10.7 Å². The maximum atomic E-state index is 10.0. The first-order chi connectivity index (χ1) is 4.73. The van der Waals surface area contributed by atoms with Crippen LogP contribution >= 0.6 is 0 Å². The van der Waals surface area contributed by atoms with Crippen LogP contribution in [0.2, 0.25) is 0 Å². The second kappa shape index (κ2) is 2.98. The highest BCUT2D eigenvalue weighted by Gasteiger charge is 2.38. The van der Waals surface area contributed by atoms with Gasteiger partial charge in [0.05, 0.1) is 5.60 Å². The third kappa shape index (κ3) is 2.06. The average Bonchev–Trinajstić information content (AvgIpc) is 1.83. The van der Waals surface area contributed by atoms with E-state index in [1.807, 2.05) is 34.6 Å². The molecule has 0 radical (unpaired) electrons. The molecule has 1 nitrogen and oxygen atoms in total. The lowest BCUT2D eigenvalue weighted by molar-refractivity contribution is -0.0696. The van der Waals surface area contributed by atoms with Gasteiger partial charge in [-0.1, -0.05) is 33.8 Å². The second-order valence-electron chi connectivity index (χ2n) is 4.42. The van der Waals surface area contributed by atoms with Gasteiger partial charge in [0, 0.05) is 5.92 Å². The van der Waals surface area contributed by atoms with Crippen LogP contribution in [-0.2, 0) is 0 Å². The lowest BCUT2D eigenvalue weighted by Crippen LogP contribution is -2.44. The molecule has 0 saturated heterocycles. The third-order valence-corrected chi connectivity index (χ3v) is 2.76. The summed E-state index contributed by atoms with van der Waals surface area (Å²) in [4.78, 5) is 0. The van der Waals surface area contributed by atoms with Gasteiger partial charge >= 0.3 is 0 Å². The van der Waals surface area contributed by atoms with Gasteiger partial charge in [-0.25, -0.2) is 0 Å². The molecule has 0 unspecified atom stereocenters. The number of hydrogen-bond donors (Lipinski definition) is 1. The number of rotatable bonds is 2. The summed E-state index contributed by atoms with van der Waals surface area (Å²) in [6.07, 6.45) is 1.80. The van der Waals surface area contributed by atoms with Crippen LogP contribution < -0.4 is 0 Å². The molecule has 1 N–H and O–H groups in total. The Bertz CT molecular complexity index is 139. The van der Waals surface area contributed by atoms with E-state index in [2.05, 4.69) is 6.58 Å². The van der Waals surface area contributed by atoms with E-state index in [1.165, 1.54) is 0 Å². The fourth-order valence-electron chi connectivity index (χ4n) is 0.912. The van der Waals surface area contributed by atoms with Crippen molar-refractivity contribution in [3.05, 3.63) is 12.7 Å². The predicted octanol–water partition coefficient (Wildman–Crippen LogP) is 2.61. The zero-order valence-corrected chi connectivity index (χ0v) is 8.31. The molecule has 0 aromatic rings. The Morgan fingerprint density at radius 2 is 1.64 bits per heavy atom. The number of aliphatic hydroxyl groups is 1. The molecule has 0 saturated carbocycles. The Balaban J connectivity index is 4.58. The van der Waals surface area contributed by atoms with E-state index in [-0.39, 0.29) is 11.3 Å². The maximum Gasteiger partial charge on any atom is 0.0727 e. The van der Waals surface area contributed by atoms with Crippen molar-refractivity contribution in [2.24, 2.45) is 11.3 Å². The summed E-state index contributed by atoms with van der Waals surface area (Å²) in [6, 6.07) is 0. The lowest BCUT2D eigenvalue weighted by atomic mass is 9.71. The average molecular weight is 156 g/mol. The molecule has 0 amide bonds. The summed E-state index contributed by atoms with van der Waals surface area (Å²) in [5, 5.41) is 10.0. The van der Waals surface area contributed by atoms with Gasteiger partial charge in [-0.05, 0) is 12.3 Å². The Kier molecular flexibility index (Phi) is 2.90. The van der Waals surface area contributed by atoms with E-state index in [9.17, 15) is 5.11 Å². The van der Waals surface area contributed by atoms with Crippen molar-refractivity contribution in [2.75, 3.05) is 0 Å². The van der Waals surface area contributed by atoms with Crippen molar-refractivity contribution in [2.45, 2.75) is 40.2 Å². The summed E-state index contributed by atoms with van der Waals surface area (Å²) in [7, 11) is 0. The summed E-state index contributed by atoms with van der Waals surface area (Å²) < 4.78 is 0. The molecular formula is C10H20O. The first kappa shape index (κ1) is 10.7. The van der Waals surface area contributed by atoms with Crippen LogP contribution in [0.3, 0.4) is 0 Å². The Morgan fingerprint density at radius 3 is 1.73 bits per heavy atom. The fourth-order valence-corrected chi connectivity index (χ4v) is 0.912. The minimum absolute atomic E-state index is 0.0966. The third-order valence-electron chi connectivity index (χ3n) is 2.76. The molecule has 11 heavy (non-hydrogen) atoms. The monoisotopic (exact) mass is 156 g/mol. The van der Waals surface area contributed by atoms with Gasteiger partial charge in [-0.3, -0.25) is 0 Å².